The monoisotopic (exact) mass is 240 g/mol. The average molecular weight is 240 g/mol. The smallest absolute Gasteiger partial charge is 0.408 e. The Bertz CT molecular complexity index is 392. The van der Waals surface area contributed by atoms with Crippen LogP contribution in [0.4, 0.5) is 4.79 Å². The molecule has 1 aromatic rings. The maximum atomic E-state index is 11.5. The van der Waals surface area contributed by atoms with Gasteiger partial charge in [0.15, 0.2) is 6.04 Å². The van der Waals surface area contributed by atoms with Gasteiger partial charge in [0, 0.05) is 11.9 Å². The molecule has 6 nitrogen and oxygen atoms in total. The van der Waals surface area contributed by atoms with Crippen molar-refractivity contribution in [3.8, 4) is 0 Å². The fraction of sp³-hybridized carbons (Fsp3) is 0.455. The van der Waals surface area contributed by atoms with E-state index in [0.717, 1.165) is 0 Å². The zero-order chi connectivity index (χ0) is 13.1. The van der Waals surface area contributed by atoms with Crippen molar-refractivity contribution in [3.05, 3.63) is 24.0 Å². The number of alkyl carbamates (subject to hydrolysis) is 1. The average Bonchev–Trinajstić information content (AvgIpc) is 2.63. The molecule has 0 aliphatic rings. The summed E-state index contributed by atoms with van der Waals surface area (Å²) in [6.07, 6.45) is 0.821. The number of hydrogen-bond donors (Lipinski definition) is 3. The van der Waals surface area contributed by atoms with Crippen LogP contribution in [0.3, 0.4) is 0 Å². The first-order chi connectivity index (χ1) is 7.79. The Kier molecular flexibility index (Phi) is 3.77. The number of H-pyrrole nitrogens is 1. The van der Waals surface area contributed by atoms with Gasteiger partial charge in [-0.2, -0.15) is 0 Å². The van der Waals surface area contributed by atoms with Gasteiger partial charge >= 0.3 is 12.1 Å². The summed E-state index contributed by atoms with van der Waals surface area (Å²) in [5.41, 5.74) is -0.272. The molecule has 3 N–H and O–H groups in total. The van der Waals surface area contributed by atoms with Crippen molar-refractivity contribution in [1.82, 2.24) is 10.3 Å². The SMILES string of the molecule is CC(C)(C)OC(=O)NC(C(=O)O)c1ccc[nH]1. The number of aromatic amines is 1. The number of carboxylic acid groups (broad SMARTS) is 1. The van der Waals surface area contributed by atoms with E-state index in [9.17, 15) is 9.59 Å². The van der Waals surface area contributed by atoms with Gasteiger partial charge in [0.05, 0.1) is 0 Å². The fourth-order valence-corrected chi connectivity index (χ4v) is 1.22. The number of carbonyl (C=O) groups is 2. The molecule has 0 aromatic carbocycles. The Morgan fingerprint density at radius 2 is 2.12 bits per heavy atom. The number of aliphatic carboxylic acids is 1. The molecule has 1 rings (SSSR count). The molecule has 0 fully saturated rings. The van der Waals surface area contributed by atoms with E-state index in [2.05, 4.69) is 10.3 Å². The summed E-state index contributed by atoms with van der Waals surface area (Å²) in [5.74, 6) is -1.15. The highest BCUT2D eigenvalue weighted by atomic mass is 16.6. The highest BCUT2D eigenvalue weighted by Crippen LogP contribution is 2.13. The number of amides is 1. The van der Waals surface area contributed by atoms with Gasteiger partial charge in [-0.1, -0.05) is 0 Å². The minimum atomic E-state index is -1.15. The summed E-state index contributed by atoms with van der Waals surface area (Å²) in [5, 5.41) is 11.3. The largest absolute Gasteiger partial charge is 0.479 e. The highest BCUT2D eigenvalue weighted by molar-refractivity contribution is 5.81. The lowest BCUT2D eigenvalue weighted by Gasteiger charge is -2.21. The molecule has 0 aliphatic carbocycles. The number of carbonyl (C=O) groups excluding carboxylic acids is 1. The van der Waals surface area contributed by atoms with Gasteiger partial charge in [-0.25, -0.2) is 9.59 Å². The Morgan fingerprint density at radius 3 is 2.53 bits per heavy atom. The van der Waals surface area contributed by atoms with E-state index in [4.69, 9.17) is 9.84 Å². The third-order valence-corrected chi connectivity index (χ3v) is 1.84. The predicted octanol–water partition coefficient (Wildman–Crippen LogP) is 1.67. The van der Waals surface area contributed by atoms with Crippen LogP contribution in [-0.4, -0.2) is 27.8 Å². The molecule has 0 aliphatic heterocycles. The first kappa shape index (κ1) is 13.1. The van der Waals surface area contributed by atoms with Crippen molar-refractivity contribution in [2.24, 2.45) is 0 Å². The lowest BCUT2D eigenvalue weighted by atomic mass is 10.2. The quantitative estimate of drug-likeness (QED) is 0.749. The standard InChI is InChI=1S/C11H16N2O4/c1-11(2,3)17-10(16)13-8(9(14)15)7-5-4-6-12-7/h4-6,8,12H,1-3H3,(H,13,16)(H,14,15). The van der Waals surface area contributed by atoms with Crippen LogP contribution in [-0.2, 0) is 9.53 Å². The Hall–Kier alpha value is -1.98. The predicted molar refractivity (Wildman–Crippen MR) is 60.5 cm³/mol. The van der Waals surface area contributed by atoms with Crippen molar-refractivity contribution in [2.75, 3.05) is 0 Å². The number of nitrogens with one attached hydrogen (secondary N) is 2. The molecule has 0 saturated carbocycles. The van der Waals surface area contributed by atoms with Crippen LogP contribution in [0.15, 0.2) is 18.3 Å². The van der Waals surface area contributed by atoms with E-state index in [0.29, 0.717) is 5.69 Å². The number of hydrogen-bond acceptors (Lipinski definition) is 3. The molecule has 0 spiro atoms. The lowest BCUT2D eigenvalue weighted by Crippen LogP contribution is -2.38. The Labute approximate surface area is 99.0 Å². The van der Waals surface area contributed by atoms with Gasteiger partial charge in [-0.15, -0.1) is 0 Å². The molecule has 1 amide bonds. The number of ether oxygens (including phenoxy) is 1. The van der Waals surface area contributed by atoms with Crippen LogP contribution in [0.5, 0.6) is 0 Å². The second-order valence-electron chi connectivity index (χ2n) is 4.54. The molecule has 1 aromatic heterocycles. The molecular formula is C11H16N2O4. The second kappa shape index (κ2) is 4.90. The first-order valence-electron chi connectivity index (χ1n) is 5.15. The number of carboxylic acids is 1. The highest BCUT2D eigenvalue weighted by Gasteiger charge is 2.25. The molecular weight excluding hydrogens is 224 g/mol. The minimum absolute atomic E-state index is 0.392. The first-order valence-corrected chi connectivity index (χ1v) is 5.15. The summed E-state index contributed by atoms with van der Waals surface area (Å²) >= 11 is 0. The molecule has 6 heteroatoms. The normalized spacial score (nSPS) is 12.9. The molecule has 1 heterocycles. The van der Waals surface area contributed by atoms with Crippen molar-refractivity contribution in [1.29, 1.82) is 0 Å². The van der Waals surface area contributed by atoms with E-state index >= 15 is 0 Å². The molecule has 17 heavy (non-hydrogen) atoms. The van der Waals surface area contributed by atoms with Crippen LogP contribution in [0.1, 0.15) is 32.5 Å². The van der Waals surface area contributed by atoms with Crippen LogP contribution in [0, 0.1) is 0 Å². The van der Waals surface area contributed by atoms with Crippen LogP contribution in [0.25, 0.3) is 0 Å². The number of aromatic nitrogens is 1. The molecule has 1 unspecified atom stereocenters. The molecule has 0 bridgehead atoms. The van der Waals surface area contributed by atoms with Crippen LogP contribution in [0.2, 0.25) is 0 Å². The maximum Gasteiger partial charge on any atom is 0.408 e. The topological polar surface area (TPSA) is 91.4 Å². The molecule has 0 saturated heterocycles. The van der Waals surface area contributed by atoms with Crippen molar-refractivity contribution in [2.45, 2.75) is 32.4 Å². The van der Waals surface area contributed by atoms with Crippen LogP contribution < -0.4 is 5.32 Å². The van der Waals surface area contributed by atoms with Gasteiger partial charge in [-0.3, -0.25) is 0 Å². The van der Waals surface area contributed by atoms with Gasteiger partial charge in [0.1, 0.15) is 5.60 Å². The molecule has 94 valence electrons. The summed E-state index contributed by atoms with van der Waals surface area (Å²) in [6.45, 7) is 5.12. The fourth-order valence-electron chi connectivity index (χ4n) is 1.22. The Balaban J connectivity index is 2.69. The van der Waals surface area contributed by atoms with E-state index < -0.39 is 23.7 Å². The van der Waals surface area contributed by atoms with Crippen molar-refractivity contribution < 1.29 is 19.4 Å². The van der Waals surface area contributed by atoms with Crippen molar-refractivity contribution in [3.63, 3.8) is 0 Å². The zero-order valence-corrected chi connectivity index (χ0v) is 9.98. The van der Waals surface area contributed by atoms with E-state index in [-0.39, 0.29) is 0 Å². The lowest BCUT2D eigenvalue weighted by molar-refractivity contribution is -0.139. The summed E-state index contributed by atoms with van der Waals surface area (Å²) in [7, 11) is 0. The third kappa shape index (κ3) is 4.18. The number of rotatable bonds is 3. The summed E-state index contributed by atoms with van der Waals surface area (Å²) in [4.78, 5) is 25.2. The van der Waals surface area contributed by atoms with E-state index in [1.807, 2.05) is 0 Å². The Morgan fingerprint density at radius 1 is 1.47 bits per heavy atom. The van der Waals surface area contributed by atoms with Gasteiger partial charge in [0.2, 0.25) is 0 Å². The van der Waals surface area contributed by atoms with Crippen molar-refractivity contribution >= 4 is 12.1 Å². The summed E-state index contributed by atoms with van der Waals surface area (Å²) < 4.78 is 4.99. The van der Waals surface area contributed by atoms with Gasteiger partial charge < -0.3 is 20.1 Å². The zero-order valence-electron chi connectivity index (χ0n) is 9.98. The minimum Gasteiger partial charge on any atom is -0.479 e. The van der Waals surface area contributed by atoms with Crippen LogP contribution >= 0.6 is 0 Å². The molecule has 1 atom stereocenters. The third-order valence-electron chi connectivity index (χ3n) is 1.84. The van der Waals surface area contributed by atoms with E-state index in [1.165, 1.54) is 0 Å². The molecule has 0 radical (unpaired) electrons. The van der Waals surface area contributed by atoms with Gasteiger partial charge in [0.25, 0.3) is 0 Å². The second-order valence-corrected chi connectivity index (χ2v) is 4.54. The maximum absolute atomic E-state index is 11.5. The van der Waals surface area contributed by atoms with E-state index in [1.54, 1.807) is 39.1 Å². The summed E-state index contributed by atoms with van der Waals surface area (Å²) in [6, 6.07) is 2.10. The van der Waals surface area contributed by atoms with Gasteiger partial charge in [-0.05, 0) is 32.9 Å².